The highest BCUT2D eigenvalue weighted by Crippen LogP contribution is 2.33. The van der Waals surface area contributed by atoms with Crippen molar-refractivity contribution in [3.63, 3.8) is 0 Å². The number of carbonyl (C=O) groups excluding carboxylic acids is 2. The molecule has 0 atom stereocenters. The Balaban J connectivity index is 1.40. The van der Waals surface area contributed by atoms with Crippen molar-refractivity contribution in [1.82, 2.24) is 9.88 Å². The van der Waals surface area contributed by atoms with Crippen molar-refractivity contribution in [2.24, 2.45) is 0 Å². The van der Waals surface area contributed by atoms with Crippen LogP contribution in [-0.4, -0.2) is 21.5 Å². The number of ether oxygens (including phenoxy) is 1. The summed E-state index contributed by atoms with van der Waals surface area (Å²) in [6, 6.07) is 21.4. The maximum atomic E-state index is 13.4. The fourth-order valence-corrected chi connectivity index (χ4v) is 5.18. The van der Waals surface area contributed by atoms with Gasteiger partial charge < -0.3 is 9.30 Å². The van der Waals surface area contributed by atoms with Crippen molar-refractivity contribution in [3.8, 4) is 11.4 Å². The van der Waals surface area contributed by atoms with E-state index in [-0.39, 0.29) is 16.4 Å². The molecule has 1 aliphatic heterocycles. The SMILES string of the molecule is Cc1cc(/C=C2\C(=O)NC(=S)N(c3cccc(C(F)(F)F)c3)C2=O)c(C)n1-c1ccc(OCc2ccc(Br)cc2)cc1. The van der Waals surface area contributed by atoms with Gasteiger partial charge in [-0.2, -0.15) is 13.2 Å². The van der Waals surface area contributed by atoms with Gasteiger partial charge in [0.15, 0.2) is 5.11 Å². The lowest BCUT2D eigenvalue weighted by Crippen LogP contribution is -2.54. The number of aromatic nitrogens is 1. The van der Waals surface area contributed by atoms with E-state index in [0.717, 1.165) is 44.1 Å². The number of carbonyl (C=O) groups is 2. The number of nitrogens with zero attached hydrogens (tertiary/aromatic N) is 2. The molecule has 42 heavy (non-hydrogen) atoms. The van der Waals surface area contributed by atoms with Gasteiger partial charge in [-0.15, -0.1) is 0 Å². The molecule has 11 heteroatoms. The maximum Gasteiger partial charge on any atom is 0.416 e. The number of aryl methyl sites for hydroxylation is 1. The summed E-state index contributed by atoms with van der Waals surface area (Å²) in [6.07, 6.45) is -3.19. The van der Waals surface area contributed by atoms with Gasteiger partial charge in [0.1, 0.15) is 17.9 Å². The van der Waals surface area contributed by atoms with E-state index in [1.807, 2.05) is 73.0 Å². The average Bonchev–Trinajstić information content (AvgIpc) is 3.23. The van der Waals surface area contributed by atoms with E-state index < -0.39 is 23.6 Å². The molecule has 5 rings (SSSR count). The quantitative estimate of drug-likeness (QED) is 0.135. The summed E-state index contributed by atoms with van der Waals surface area (Å²) in [5, 5.41) is 2.12. The highest BCUT2D eigenvalue weighted by molar-refractivity contribution is 9.10. The van der Waals surface area contributed by atoms with Crippen molar-refractivity contribution in [3.05, 3.63) is 117 Å². The van der Waals surface area contributed by atoms with E-state index >= 15 is 0 Å². The lowest BCUT2D eigenvalue weighted by molar-refractivity contribution is -0.137. The third kappa shape index (κ3) is 6.02. The zero-order valence-corrected chi connectivity index (χ0v) is 24.7. The summed E-state index contributed by atoms with van der Waals surface area (Å²) in [7, 11) is 0. The molecule has 214 valence electrons. The summed E-state index contributed by atoms with van der Waals surface area (Å²) in [6.45, 7) is 4.15. The third-order valence-electron chi connectivity index (χ3n) is 6.72. The van der Waals surface area contributed by atoms with E-state index in [2.05, 4.69) is 21.2 Å². The Morgan fingerprint density at radius 2 is 1.64 bits per heavy atom. The molecule has 3 aromatic carbocycles. The number of hydrogen-bond acceptors (Lipinski definition) is 4. The molecular formula is C31H23BrF3N3O3S. The zero-order valence-electron chi connectivity index (χ0n) is 22.3. The van der Waals surface area contributed by atoms with Gasteiger partial charge in [-0.05, 0) is 104 Å². The number of halogens is 4. The lowest BCUT2D eigenvalue weighted by atomic mass is 10.1. The Hall–Kier alpha value is -4.22. The second kappa shape index (κ2) is 11.6. The molecule has 1 N–H and O–H groups in total. The Morgan fingerprint density at radius 3 is 2.31 bits per heavy atom. The van der Waals surface area contributed by atoms with Gasteiger partial charge >= 0.3 is 6.18 Å². The Kier molecular flexibility index (Phi) is 8.07. The molecule has 1 aliphatic rings. The molecule has 4 aromatic rings. The lowest BCUT2D eigenvalue weighted by Gasteiger charge is -2.29. The van der Waals surface area contributed by atoms with Crippen LogP contribution in [-0.2, 0) is 22.4 Å². The fraction of sp³-hybridized carbons (Fsp3) is 0.129. The Labute approximate surface area is 253 Å². The van der Waals surface area contributed by atoms with E-state index in [1.54, 1.807) is 0 Å². The normalized spacial score (nSPS) is 14.9. The van der Waals surface area contributed by atoms with Crippen LogP contribution in [0.15, 0.2) is 88.9 Å². The van der Waals surface area contributed by atoms with E-state index in [0.29, 0.717) is 17.9 Å². The van der Waals surface area contributed by atoms with Crippen molar-refractivity contribution in [2.45, 2.75) is 26.6 Å². The van der Waals surface area contributed by atoms with E-state index in [1.165, 1.54) is 18.2 Å². The van der Waals surface area contributed by atoms with Crippen LogP contribution in [0.25, 0.3) is 11.8 Å². The summed E-state index contributed by atoms with van der Waals surface area (Å²) in [4.78, 5) is 27.1. The highest BCUT2D eigenvalue weighted by Gasteiger charge is 2.37. The number of anilines is 1. The van der Waals surface area contributed by atoms with Gasteiger partial charge in [0.05, 0.1) is 11.3 Å². The fourth-order valence-electron chi connectivity index (χ4n) is 4.64. The molecule has 0 radical (unpaired) electrons. The van der Waals surface area contributed by atoms with Crippen LogP contribution in [0.4, 0.5) is 18.9 Å². The molecule has 0 bridgehead atoms. The summed E-state index contributed by atoms with van der Waals surface area (Å²) in [5.41, 5.74) is 2.78. The maximum absolute atomic E-state index is 13.4. The number of nitrogens with one attached hydrogen (secondary N) is 1. The van der Waals surface area contributed by atoms with Crippen LogP contribution in [0, 0.1) is 13.8 Å². The predicted octanol–water partition coefficient (Wildman–Crippen LogP) is 7.29. The zero-order chi connectivity index (χ0) is 30.2. The number of amides is 2. The molecule has 0 spiro atoms. The van der Waals surface area contributed by atoms with Crippen LogP contribution >= 0.6 is 28.1 Å². The molecule has 1 fully saturated rings. The first-order valence-corrected chi connectivity index (χ1v) is 13.9. The molecular weight excluding hydrogens is 631 g/mol. The minimum atomic E-state index is -4.61. The van der Waals surface area contributed by atoms with Gasteiger partial charge in [0, 0.05) is 21.5 Å². The van der Waals surface area contributed by atoms with E-state index in [9.17, 15) is 22.8 Å². The minimum absolute atomic E-state index is 0.0985. The van der Waals surface area contributed by atoms with Crippen LogP contribution in [0.3, 0.4) is 0 Å². The largest absolute Gasteiger partial charge is 0.489 e. The molecule has 0 unspecified atom stereocenters. The summed E-state index contributed by atoms with van der Waals surface area (Å²) < 4.78 is 48.7. The number of hydrogen-bond donors (Lipinski definition) is 1. The van der Waals surface area contributed by atoms with Crippen molar-refractivity contribution < 1.29 is 27.5 Å². The third-order valence-corrected chi connectivity index (χ3v) is 7.53. The number of alkyl halides is 3. The van der Waals surface area contributed by atoms with Crippen molar-refractivity contribution in [1.29, 1.82) is 0 Å². The second-order valence-corrected chi connectivity index (χ2v) is 10.9. The molecule has 2 heterocycles. The number of benzene rings is 3. The van der Waals surface area contributed by atoms with Crippen LogP contribution in [0.5, 0.6) is 5.75 Å². The van der Waals surface area contributed by atoms with Gasteiger partial charge in [-0.1, -0.05) is 34.1 Å². The molecule has 6 nitrogen and oxygen atoms in total. The molecule has 0 aliphatic carbocycles. The smallest absolute Gasteiger partial charge is 0.416 e. The van der Waals surface area contributed by atoms with Crippen LogP contribution < -0.4 is 15.0 Å². The van der Waals surface area contributed by atoms with Crippen molar-refractivity contribution >= 4 is 56.8 Å². The average molecular weight is 655 g/mol. The van der Waals surface area contributed by atoms with Gasteiger partial charge in [0.2, 0.25) is 0 Å². The van der Waals surface area contributed by atoms with E-state index in [4.69, 9.17) is 17.0 Å². The Bertz CT molecular complexity index is 1730. The predicted molar refractivity (Wildman–Crippen MR) is 161 cm³/mol. The van der Waals surface area contributed by atoms with Gasteiger partial charge in [0.25, 0.3) is 11.8 Å². The molecule has 1 saturated heterocycles. The van der Waals surface area contributed by atoms with Gasteiger partial charge in [-0.25, -0.2) is 0 Å². The number of rotatable bonds is 6. The molecule has 2 amide bonds. The summed E-state index contributed by atoms with van der Waals surface area (Å²) in [5.74, 6) is -0.855. The minimum Gasteiger partial charge on any atom is -0.489 e. The monoisotopic (exact) mass is 653 g/mol. The first-order chi connectivity index (χ1) is 19.9. The number of thiocarbonyl (C=S) groups is 1. The second-order valence-electron chi connectivity index (χ2n) is 9.58. The van der Waals surface area contributed by atoms with Crippen LogP contribution in [0.2, 0.25) is 0 Å². The van der Waals surface area contributed by atoms with Crippen LogP contribution in [0.1, 0.15) is 28.1 Å². The molecule has 1 aromatic heterocycles. The topological polar surface area (TPSA) is 63.6 Å². The first-order valence-electron chi connectivity index (χ1n) is 12.7. The van der Waals surface area contributed by atoms with Gasteiger partial charge in [-0.3, -0.25) is 19.8 Å². The van der Waals surface area contributed by atoms with Crippen molar-refractivity contribution in [2.75, 3.05) is 4.90 Å². The summed E-state index contributed by atoms with van der Waals surface area (Å²) >= 11 is 8.56. The molecule has 0 saturated carbocycles. The standard InChI is InChI=1S/C31H23BrF3N3O3S/c1-18-14-21(19(2)37(18)24-10-12-26(13-11-24)41-17-20-6-8-23(32)9-7-20)15-27-28(39)36-30(42)38(29(27)40)25-5-3-4-22(16-25)31(33,34)35/h3-16H,17H2,1-2H3,(H,36,39,42)/b27-15+. The first kappa shape index (κ1) is 29.3. The highest BCUT2D eigenvalue weighted by atomic mass is 79.9. The Morgan fingerprint density at radius 1 is 0.952 bits per heavy atom.